The van der Waals surface area contributed by atoms with Crippen molar-refractivity contribution in [3.63, 3.8) is 0 Å². The van der Waals surface area contributed by atoms with Crippen molar-refractivity contribution in [3.8, 4) is 0 Å². The SMILES string of the molecule is CCn1ncc(NC(=O)c2c(Br)cnn2C)c1C. The fourth-order valence-electron chi connectivity index (χ4n) is 1.74. The van der Waals surface area contributed by atoms with Crippen LogP contribution in [-0.2, 0) is 13.6 Å². The minimum Gasteiger partial charge on any atom is -0.318 e. The third-order valence-corrected chi connectivity index (χ3v) is 3.34. The van der Waals surface area contributed by atoms with Crippen LogP contribution in [0.5, 0.6) is 0 Å². The first-order chi connectivity index (χ1) is 8.54. The molecule has 0 fully saturated rings. The lowest BCUT2D eigenvalue weighted by atomic mass is 10.3. The van der Waals surface area contributed by atoms with Gasteiger partial charge in [0.05, 0.1) is 28.2 Å². The Morgan fingerprint density at radius 2 is 2.17 bits per heavy atom. The highest BCUT2D eigenvalue weighted by molar-refractivity contribution is 9.10. The number of rotatable bonds is 3. The molecule has 7 heteroatoms. The Balaban J connectivity index is 2.24. The molecule has 2 heterocycles. The van der Waals surface area contributed by atoms with E-state index in [2.05, 4.69) is 31.4 Å². The molecule has 0 spiro atoms. The van der Waals surface area contributed by atoms with Crippen molar-refractivity contribution < 1.29 is 4.79 Å². The molecule has 96 valence electrons. The smallest absolute Gasteiger partial charge is 0.275 e. The summed E-state index contributed by atoms with van der Waals surface area (Å²) in [6.07, 6.45) is 3.25. The molecule has 0 saturated heterocycles. The van der Waals surface area contributed by atoms with Gasteiger partial charge in [-0.05, 0) is 29.8 Å². The van der Waals surface area contributed by atoms with E-state index in [1.165, 1.54) is 4.68 Å². The molecule has 6 nitrogen and oxygen atoms in total. The van der Waals surface area contributed by atoms with Crippen molar-refractivity contribution in [2.75, 3.05) is 5.32 Å². The second kappa shape index (κ2) is 4.93. The first-order valence-corrected chi connectivity index (χ1v) is 6.35. The largest absolute Gasteiger partial charge is 0.318 e. The monoisotopic (exact) mass is 311 g/mol. The van der Waals surface area contributed by atoms with Gasteiger partial charge in [-0.15, -0.1) is 0 Å². The molecule has 0 aromatic carbocycles. The quantitative estimate of drug-likeness (QED) is 0.942. The molecule has 0 saturated carbocycles. The second-order valence-electron chi connectivity index (χ2n) is 3.88. The van der Waals surface area contributed by atoms with Crippen molar-refractivity contribution in [1.29, 1.82) is 0 Å². The molecule has 2 aromatic rings. The zero-order valence-corrected chi connectivity index (χ0v) is 12.0. The molecule has 0 aliphatic rings. The standard InChI is InChI=1S/C11H14BrN5O/c1-4-17-7(2)9(6-14-17)15-11(18)10-8(12)5-13-16(10)3/h5-6H,4H2,1-3H3,(H,15,18). The number of nitrogens with one attached hydrogen (secondary N) is 1. The van der Waals surface area contributed by atoms with Gasteiger partial charge in [0, 0.05) is 13.6 Å². The lowest BCUT2D eigenvalue weighted by molar-refractivity contribution is 0.101. The Bertz CT molecular complexity index is 567. The van der Waals surface area contributed by atoms with E-state index < -0.39 is 0 Å². The highest BCUT2D eigenvalue weighted by Crippen LogP contribution is 2.19. The number of amides is 1. The Kier molecular flexibility index (Phi) is 3.51. The molecule has 0 aliphatic heterocycles. The predicted octanol–water partition coefficient (Wildman–Crippen LogP) is 1.96. The number of hydrogen-bond acceptors (Lipinski definition) is 3. The van der Waals surface area contributed by atoms with E-state index in [0.29, 0.717) is 10.2 Å². The maximum Gasteiger partial charge on any atom is 0.275 e. The van der Waals surface area contributed by atoms with E-state index >= 15 is 0 Å². The van der Waals surface area contributed by atoms with Gasteiger partial charge in [-0.3, -0.25) is 14.2 Å². The van der Waals surface area contributed by atoms with Crippen molar-refractivity contribution in [3.05, 3.63) is 28.3 Å². The summed E-state index contributed by atoms with van der Waals surface area (Å²) in [5.41, 5.74) is 2.14. The summed E-state index contributed by atoms with van der Waals surface area (Å²) in [7, 11) is 1.72. The first kappa shape index (κ1) is 12.8. The van der Waals surface area contributed by atoms with E-state index in [4.69, 9.17) is 0 Å². The number of carbonyl (C=O) groups excluding carboxylic acids is 1. The van der Waals surface area contributed by atoms with Gasteiger partial charge in [0.2, 0.25) is 0 Å². The summed E-state index contributed by atoms with van der Waals surface area (Å²) < 4.78 is 4.02. The van der Waals surface area contributed by atoms with Gasteiger partial charge >= 0.3 is 0 Å². The number of aryl methyl sites for hydroxylation is 2. The Morgan fingerprint density at radius 1 is 1.44 bits per heavy atom. The fraction of sp³-hybridized carbons (Fsp3) is 0.364. The third-order valence-electron chi connectivity index (χ3n) is 2.76. The van der Waals surface area contributed by atoms with Crippen LogP contribution >= 0.6 is 15.9 Å². The van der Waals surface area contributed by atoms with Crippen LogP contribution in [0.25, 0.3) is 0 Å². The normalized spacial score (nSPS) is 10.7. The maximum absolute atomic E-state index is 12.1. The molecule has 0 unspecified atom stereocenters. The van der Waals surface area contributed by atoms with Crippen LogP contribution in [-0.4, -0.2) is 25.5 Å². The molecule has 0 aliphatic carbocycles. The van der Waals surface area contributed by atoms with Crippen LogP contribution in [0, 0.1) is 6.92 Å². The van der Waals surface area contributed by atoms with E-state index in [-0.39, 0.29) is 5.91 Å². The first-order valence-electron chi connectivity index (χ1n) is 5.55. The van der Waals surface area contributed by atoms with Gasteiger partial charge in [0.15, 0.2) is 0 Å². The molecule has 18 heavy (non-hydrogen) atoms. The number of aromatic nitrogens is 4. The molecule has 1 N–H and O–H groups in total. The van der Waals surface area contributed by atoms with Crippen LogP contribution in [0.3, 0.4) is 0 Å². The van der Waals surface area contributed by atoms with Crippen molar-refractivity contribution in [2.24, 2.45) is 7.05 Å². The van der Waals surface area contributed by atoms with Gasteiger partial charge in [-0.25, -0.2) is 0 Å². The molecular weight excluding hydrogens is 298 g/mol. The van der Waals surface area contributed by atoms with Crippen molar-refractivity contribution in [1.82, 2.24) is 19.6 Å². The lowest BCUT2D eigenvalue weighted by Crippen LogP contribution is -2.17. The zero-order chi connectivity index (χ0) is 13.3. The van der Waals surface area contributed by atoms with Crippen LogP contribution < -0.4 is 5.32 Å². The molecule has 0 bridgehead atoms. The minimum absolute atomic E-state index is 0.208. The molecule has 0 atom stereocenters. The summed E-state index contributed by atoms with van der Waals surface area (Å²) in [5.74, 6) is -0.208. The maximum atomic E-state index is 12.1. The summed E-state index contributed by atoms with van der Waals surface area (Å²) in [5, 5.41) is 11.0. The lowest BCUT2D eigenvalue weighted by Gasteiger charge is -2.06. The average Bonchev–Trinajstić information content (AvgIpc) is 2.84. The van der Waals surface area contributed by atoms with Crippen LogP contribution in [0.1, 0.15) is 23.1 Å². The minimum atomic E-state index is -0.208. The van der Waals surface area contributed by atoms with Gasteiger partial charge in [0.25, 0.3) is 5.91 Å². The number of nitrogens with zero attached hydrogens (tertiary/aromatic N) is 4. The number of carbonyl (C=O) groups is 1. The Morgan fingerprint density at radius 3 is 2.67 bits per heavy atom. The van der Waals surface area contributed by atoms with E-state index in [9.17, 15) is 4.79 Å². The summed E-state index contributed by atoms with van der Waals surface area (Å²) in [6, 6.07) is 0. The summed E-state index contributed by atoms with van der Waals surface area (Å²) in [6.45, 7) is 4.70. The van der Waals surface area contributed by atoms with Gasteiger partial charge in [0.1, 0.15) is 5.69 Å². The average molecular weight is 312 g/mol. The zero-order valence-electron chi connectivity index (χ0n) is 10.4. The molecule has 0 radical (unpaired) electrons. The van der Waals surface area contributed by atoms with Crippen LogP contribution in [0.4, 0.5) is 5.69 Å². The van der Waals surface area contributed by atoms with Crippen molar-refractivity contribution >= 4 is 27.5 Å². The highest BCUT2D eigenvalue weighted by atomic mass is 79.9. The number of hydrogen-bond donors (Lipinski definition) is 1. The number of halogens is 1. The van der Waals surface area contributed by atoms with Gasteiger partial charge in [-0.1, -0.05) is 0 Å². The molecule has 2 aromatic heterocycles. The van der Waals surface area contributed by atoms with E-state index in [1.807, 2.05) is 18.5 Å². The topological polar surface area (TPSA) is 64.7 Å². The predicted molar refractivity (Wildman–Crippen MR) is 71.5 cm³/mol. The van der Waals surface area contributed by atoms with E-state index in [1.54, 1.807) is 19.4 Å². The Labute approximate surface area is 113 Å². The van der Waals surface area contributed by atoms with E-state index in [0.717, 1.165) is 17.9 Å². The second-order valence-corrected chi connectivity index (χ2v) is 4.73. The highest BCUT2D eigenvalue weighted by Gasteiger charge is 2.17. The van der Waals surface area contributed by atoms with Crippen LogP contribution in [0.2, 0.25) is 0 Å². The molecular formula is C11H14BrN5O. The van der Waals surface area contributed by atoms with Crippen molar-refractivity contribution in [2.45, 2.75) is 20.4 Å². The summed E-state index contributed by atoms with van der Waals surface area (Å²) in [4.78, 5) is 12.1. The Hall–Kier alpha value is -1.63. The summed E-state index contributed by atoms with van der Waals surface area (Å²) >= 11 is 3.30. The molecule has 1 amide bonds. The number of anilines is 1. The van der Waals surface area contributed by atoms with Gasteiger partial charge < -0.3 is 5.32 Å². The fourth-order valence-corrected chi connectivity index (χ4v) is 2.26. The van der Waals surface area contributed by atoms with Gasteiger partial charge in [-0.2, -0.15) is 10.2 Å². The third kappa shape index (κ3) is 2.17. The molecule has 2 rings (SSSR count). The van der Waals surface area contributed by atoms with Crippen LogP contribution in [0.15, 0.2) is 16.9 Å².